The van der Waals surface area contributed by atoms with E-state index in [0.717, 1.165) is 0 Å². The summed E-state index contributed by atoms with van der Waals surface area (Å²) in [5.41, 5.74) is 0. The Labute approximate surface area is 50.5 Å². The minimum Gasteiger partial charge on any atom is -0.141 e. The van der Waals surface area contributed by atoms with Crippen LogP contribution in [0, 0.1) is 0 Å². The summed E-state index contributed by atoms with van der Waals surface area (Å²) in [7, 11) is 2.42. The molecule has 0 aromatic heterocycles. The van der Waals surface area contributed by atoms with Crippen LogP contribution in [0.3, 0.4) is 0 Å². The van der Waals surface area contributed by atoms with Crippen LogP contribution in [0.2, 0.25) is 0 Å². The van der Waals surface area contributed by atoms with Crippen molar-refractivity contribution < 1.29 is 34.4 Å². The van der Waals surface area contributed by atoms with Gasteiger partial charge in [0.15, 0.2) is 0 Å². The zero-order valence-corrected chi connectivity index (χ0v) is 5.87. The van der Waals surface area contributed by atoms with Gasteiger partial charge in [-0.3, -0.25) is 0 Å². The number of hydrogen-bond acceptors (Lipinski definition) is 0. The molecule has 0 aliphatic heterocycles. The molecule has 0 radical (unpaired) electrons. The van der Waals surface area contributed by atoms with E-state index in [1.807, 2.05) is 6.66 Å². The van der Waals surface area contributed by atoms with Gasteiger partial charge in [-0.15, -0.1) is 9.24 Å². The quantitative estimate of drug-likeness (QED) is 0.353. The molecule has 4 heavy (non-hydrogen) atoms. The van der Waals surface area contributed by atoms with Crippen molar-refractivity contribution in [1.29, 1.82) is 0 Å². The Hall–Kier alpha value is 1.48. The van der Waals surface area contributed by atoms with E-state index in [-0.39, 0.29) is 34.4 Å². The van der Waals surface area contributed by atoms with Gasteiger partial charge in [0.2, 0.25) is 0 Å². The van der Waals surface area contributed by atoms with Crippen molar-refractivity contribution in [2.75, 3.05) is 6.66 Å². The van der Waals surface area contributed by atoms with Gasteiger partial charge in [-0.2, -0.15) is 0 Å². The molecule has 0 aromatic carbocycles. The van der Waals surface area contributed by atoms with Gasteiger partial charge in [-0.25, -0.2) is 0 Å². The molecule has 3 heteroatoms. The maximum atomic E-state index is 2.42. The molecule has 0 saturated heterocycles. The normalized spacial score (nSPS) is 1.50. The summed E-state index contributed by atoms with van der Waals surface area (Å²) in [6, 6.07) is 0. The predicted octanol–water partition coefficient (Wildman–Crippen LogP) is 0.486. The van der Waals surface area contributed by atoms with Gasteiger partial charge in [-0.05, 0) is 0 Å². The van der Waals surface area contributed by atoms with Crippen LogP contribution in [0.4, 0.5) is 0 Å². The van der Waals surface area contributed by atoms with Crippen LogP contribution in [0.5, 0.6) is 0 Å². The summed E-state index contributed by atoms with van der Waals surface area (Å²) in [5.74, 6) is 0. The van der Waals surface area contributed by atoms with Crippen LogP contribution in [-0.2, 0) is 34.4 Å². The summed E-state index contributed by atoms with van der Waals surface area (Å²) in [4.78, 5) is 0. The molecule has 28 valence electrons. The van der Waals surface area contributed by atoms with Crippen molar-refractivity contribution in [3.05, 3.63) is 0 Å². The van der Waals surface area contributed by atoms with Crippen molar-refractivity contribution >= 4 is 9.24 Å². The minimum atomic E-state index is 0. The van der Waals surface area contributed by atoms with E-state index >= 15 is 0 Å². The molecule has 0 rings (SSSR count). The zero-order valence-electron chi connectivity index (χ0n) is 2.34. The number of hydrogen-bond donors (Lipinski definition) is 0. The Balaban J connectivity index is -0.00000000500. The zero-order chi connectivity index (χ0) is 2.00. The Morgan fingerprint density at radius 2 is 1.25 bits per heavy atom. The fourth-order valence-electron chi connectivity index (χ4n) is 0. The molecule has 0 amide bonds. The molecule has 0 fully saturated rings. The summed E-state index contributed by atoms with van der Waals surface area (Å²) >= 11 is 0. The van der Waals surface area contributed by atoms with Gasteiger partial charge >= 0.3 is 0 Å². The Bertz CT molecular complexity index is 8.00. The Morgan fingerprint density at radius 1 is 1.25 bits per heavy atom. The van der Waals surface area contributed by atoms with Crippen molar-refractivity contribution in [2.45, 2.75) is 0 Å². The average Bonchev–Trinajstić information content (AvgIpc) is 1.00. The largest absolute Gasteiger partial charge is 0.141 e. The third-order valence-electron chi connectivity index (χ3n) is 0. The van der Waals surface area contributed by atoms with Gasteiger partial charge in [0, 0.05) is 34.4 Å². The van der Waals surface area contributed by atoms with Gasteiger partial charge < -0.3 is 0 Å². The molecular weight excluding hydrogens is 151 g/mol. The smallest absolute Gasteiger partial charge is 0 e. The summed E-state index contributed by atoms with van der Waals surface area (Å²) in [6.07, 6.45) is 0. The summed E-state index contributed by atoms with van der Waals surface area (Å²) in [5, 5.41) is 0. The van der Waals surface area contributed by atoms with Crippen LogP contribution >= 0.6 is 9.24 Å². The van der Waals surface area contributed by atoms with Crippen LogP contribution < -0.4 is 0 Å². The molecule has 1 unspecified atom stereocenters. The number of rotatable bonds is 0. The summed E-state index contributed by atoms with van der Waals surface area (Å²) in [6.45, 7) is 1.92. The molecule has 0 nitrogen and oxygen atoms in total. The van der Waals surface area contributed by atoms with Crippen molar-refractivity contribution in [3.63, 3.8) is 0 Å². The van der Waals surface area contributed by atoms with E-state index < -0.39 is 0 Å². The molecule has 0 heterocycles. The fraction of sp³-hybridized carbons (Fsp3) is 1.00. The minimum absolute atomic E-state index is 0. The van der Waals surface area contributed by atoms with Crippen LogP contribution in [0.15, 0.2) is 0 Å². The average molecular weight is 156 g/mol. The molecule has 0 saturated carbocycles. The van der Waals surface area contributed by atoms with Crippen molar-refractivity contribution in [2.24, 2.45) is 0 Å². The SMILES string of the molecule is CP.[Cr].[Fe]. The Kier molecular flexibility index (Phi) is 111. The topological polar surface area (TPSA) is 0 Å². The van der Waals surface area contributed by atoms with Crippen molar-refractivity contribution in [3.8, 4) is 0 Å². The Morgan fingerprint density at radius 3 is 1.25 bits per heavy atom. The first-order valence-corrected chi connectivity index (χ1v) is 1.73. The van der Waals surface area contributed by atoms with Crippen molar-refractivity contribution in [1.82, 2.24) is 0 Å². The first-order chi connectivity index (χ1) is 1.00. The van der Waals surface area contributed by atoms with Gasteiger partial charge in [0.05, 0.1) is 0 Å². The molecule has 1 atom stereocenters. The molecule has 0 aliphatic rings. The maximum Gasteiger partial charge on any atom is 0 e. The monoisotopic (exact) mass is 156 g/mol. The second kappa shape index (κ2) is 24.7. The molecule has 0 aliphatic carbocycles. The molecule has 0 bridgehead atoms. The maximum absolute atomic E-state index is 2.42. The first-order valence-electron chi connectivity index (χ1n) is 0.577. The third-order valence-corrected chi connectivity index (χ3v) is 0. The van der Waals surface area contributed by atoms with E-state index in [9.17, 15) is 0 Å². The second-order valence-electron chi connectivity index (χ2n) is 0. The fourth-order valence-corrected chi connectivity index (χ4v) is 0. The predicted molar refractivity (Wildman–Crippen MR) is 15.6 cm³/mol. The van der Waals surface area contributed by atoms with E-state index in [1.54, 1.807) is 0 Å². The third kappa shape index (κ3) is 9.77. The standard InChI is InChI=1S/CH5P.Cr.Fe/c1-2;;/h2H2,1H3;;. The van der Waals surface area contributed by atoms with E-state index in [1.165, 1.54) is 0 Å². The van der Waals surface area contributed by atoms with E-state index in [0.29, 0.717) is 0 Å². The molecule has 0 aromatic rings. The van der Waals surface area contributed by atoms with Crippen LogP contribution in [-0.4, -0.2) is 6.66 Å². The van der Waals surface area contributed by atoms with Gasteiger partial charge in [0.1, 0.15) is 0 Å². The molecule has 0 N–H and O–H groups in total. The molecule has 0 spiro atoms. The molecular formula is CH5CrFeP. The van der Waals surface area contributed by atoms with Gasteiger partial charge in [-0.1, -0.05) is 6.66 Å². The van der Waals surface area contributed by atoms with Crippen LogP contribution in [0.25, 0.3) is 0 Å². The van der Waals surface area contributed by atoms with E-state index in [4.69, 9.17) is 0 Å². The van der Waals surface area contributed by atoms with E-state index in [2.05, 4.69) is 9.24 Å². The summed E-state index contributed by atoms with van der Waals surface area (Å²) < 4.78 is 0. The van der Waals surface area contributed by atoms with Crippen LogP contribution in [0.1, 0.15) is 0 Å². The second-order valence-corrected chi connectivity index (χ2v) is 0. The first kappa shape index (κ1) is 17.9. The van der Waals surface area contributed by atoms with Gasteiger partial charge in [0.25, 0.3) is 0 Å².